The van der Waals surface area contributed by atoms with E-state index in [1.807, 2.05) is 24.3 Å². The number of carbonyl (C=O) groups excluding carboxylic acids is 2. The SMILES string of the molecule is N#Cc1ccc(Cl)cc1N1C(=O)[C@@H]2C3c4ccccc4C(c4ccccc43)[C@@H]2C1=O. The Morgan fingerprint density at radius 3 is 1.67 bits per heavy atom. The number of amides is 2. The molecular weight excluding hydrogens is 396 g/mol. The molecule has 5 heteroatoms. The van der Waals surface area contributed by atoms with Gasteiger partial charge in [-0.05, 0) is 40.5 Å². The van der Waals surface area contributed by atoms with Crippen molar-refractivity contribution in [3.05, 3.63) is 99.6 Å². The van der Waals surface area contributed by atoms with Crippen molar-refractivity contribution in [2.24, 2.45) is 11.8 Å². The maximum absolute atomic E-state index is 13.7. The van der Waals surface area contributed by atoms with Crippen LogP contribution >= 0.6 is 11.6 Å². The molecule has 30 heavy (non-hydrogen) atoms. The van der Waals surface area contributed by atoms with Gasteiger partial charge in [0, 0.05) is 16.9 Å². The van der Waals surface area contributed by atoms with Crippen LogP contribution in [0.5, 0.6) is 0 Å². The standard InChI is InChI=1S/C25H15ClN2O2/c26-14-10-9-13(12-27)19(11-14)28-24(29)22-20-15-5-1-2-6-16(15)21(23(22)25(28)30)18-8-4-3-7-17(18)20/h1-11,20-23H/t20?,21?,22-,23+. The Morgan fingerprint density at radius 1 is 0.767 bits per heavy atom. The van der Waals surface area contributed by atoms with Crippen LogP contribution in [-0.2, 0) is 9.59 Å². The van der Waals surface area contributed by atoms with Gasteiger partial charge in [-0.3, -0.25) is 9.59 Å². The molecule has 144 valence electrons. The Balaban J connectivity index is 1.59. The summed E-state index contributed by atoms with van der Waals surface area (Å²) < 4.78 is 0. The summed E-state index contributed by atoms with van der Waals surface area (Å²) in [5.74, 6) is -1.78. The maximum Gasteiger partial charge on any atom is 0.238 e. The van der Waals surface area contributed by atoms with E-state index < -0.39 is 11.8 Å². The maximum atomic E-state index is 13.7. The lowest BCUT2D eigenvalue weighted by Crippen LogP contribution is -2.41. The minimum atomic E-state index is -0.474. The molecule has 4 nitrogen and oxygen atoms in total. The summed E-state index contributed by atoms with van der Waals surface area (Å²) in [6, 6.07) is 23.0. The minimum absolute atomic E-state index is 0.168. The van der Waals surface area contributed by atoms with Gasteiger partial charge in [-0.15, -0.1) is 0 Å². The van der Waals surface area contributed by atoms with Crippen molar-refractivity contribution in [2.45, 2.75) is 11.8 Å². The summed E-state index contributed by atoms with van der Waals surface area (Å²) in [7, 11) is 0. The predicted molar refractivity (Wildman–Crippen MR) is 112 cm³/mol. The largest absolute Gasteiger partial charge is 0.274 e. The van der Waals surface area contributed by atoms with Gasteiger partial charge in [-0.2, -0.15) is 5.26 Å². The Morgan fingerprint density at radius 2 is 1.23 bits per heavy atom. The number of imide groups is 1. The lowest BCUT2D eigenvalue weighted by atomic mass is 9.55. The average Bonchev–Trinajstić information content (AvgIpc) is 3.04. The number of hydrogen-bond donors (Lipinski definition) is 0. The Hall–Kier alpha value is -3.42. The highest BCUT2D eigenvalue weighted by Crippen LogP contribution is 2.61. The Bertz CT molecular complexity index is 1190. The zero-order chi connectivity index (χ0) is 20.6. The molecule has 3 aromatic rings. The van der Waals surface area contributed by atoms with Gasteiger partial charge < -0.3 is 0 Å². The number of anilines is 1. The summed E-state index contributed by atoms with van der Waals surface area (Å²) in [6.07, 6.45) is 0. The predicted octanol–water partition coefficient (Wildman–Crippen LogP) is 4.61. The minimum Gasteiger partial charge on any atom is -0.274 e. The fourth-order valence-electron chi connectivity index (χ4n) is 5.70. The van der Waals surface area contributed by atoms with Gasteiger partial charge in [-0.1, -0.05) is 60.1 Å². The molecule has 0 radical (unpaired) electrons. The summed E-state index contributed by atoms with van der Waals surface area (Å²) in [4.78, 5) is 28.6. The summed E-state index contributed by atoms with van der Waals surface area (Å²) in [6.45, 7) is 0. The van der Waals surface area contributed by atoms with Gasteiger partial charge in [0.15, 0.2) is 0 Å². The van der Waals surface area contributed by atoms with E-state index in [1.165, 1.54) is 11.0 Å². The van der Waals surface area contributed by atoms with E-state index in [0.29, 0.717) is 5.02 Å². The van der Waals surface area contributed by atoms with Crippen LogP contribution in [0.1, 0.15) is 39.7 Å². The van der Waals surface area contributed by atoms with E-state index in [2.05, 4.69) is 30.3 Å². The molecule has 3 aliphatic carbocycles. The fourth-order valence-corrected chi connectivity index (χ4v) is 5.87. The third kappa shape index (κ3) is 2.05. The zero-order valence-electron chi connectivity index (χ0n) is 15.7. The Kier molecular flexibility index (Phi) is 3.51. The summed E-state index contributed by atoms with van der Waals surface area (Å²) in [5.41, 5.74) is 5.03. The fraction of sp³-hybridized carbons (Fsp3) is 0.160. The van der Waals surface area contributed by atoms with Crippen LogP contribution in [0.15, 0.2) is 66.7 Å². The lowest BCUT2D eigenvalue weighted by Gasteiger charge is -2.45. The highest BCUT2D eigenvalue weighted by atomic mass is 35.5. The molecule has 2 amide bonds. The molecule has 1 fully saturated rings. The second kappa shape index (κ2) is 6.04. The number of nitriles is 1. The molecule has 0 aromatic heterocycles. The van der Waals surface area contributed by atoms with Crippen molar-refractivity contribution >= 4 is 29.1 Å². The van der Waals surface area contributed by atoms with Crippen LogP contribution in [0, 0.1) is 23.2 Å². The number of hydrogen-bond acceptors (Lipinski definition) is 3. The smallest absolute Gasteiger partial charge is 0.238 e. The first-order valence-electron chi connectivity index (χ1n) is 9.87. The Labute approximate surface area is 178 Å². The average molecular weight is 411 g/mol. The zero-order valence-corrected chi connectivity index (χ0v) is 16.5. The van der Waals surface area contributed by atoms with Crippen molar-refractivity contribution < 1.29 is 9.59 Å². The third-order valence-corrected chi connectivity index (χ3v) is 7.00. The van der Waals surface area contributed by atoms with E-state index >= 15 is 0 Å². The molecule has 0 saturated carbocycles. The van der Waals surface area contributed by atoms with Crippen LogP contribution in [-0.4, -0.2) is 11.8 Å². The number of nitrogens with zero attached hydrogens (tertiary/aromatic N) is 2. The van der Waals surface area contributed by atoms with Crippen LogP contribution in [0.2, 0.25) is 5.02 Å². The van der Waals surface area contributed by atoms with Crippen molar-refractivity contribution in [2.75, 3.05) is 4.90 Å². The van der Waals surface area contributed by atoms with Crippen LogP contribution in [0.25, 0.3) is 0 Å². The quantitative estimate of drug-likeness (QED) is 0.550. The van der Waals surface area contributed by atoms with Crippen LogP contribution in [0.4, 0.5) is 5.69 Å². The first-order chi connectivity index (χ1) is 14.6. The van der Waals surface area contributed by atoms with Crippen molar-refractivity contribution in [1.29, 1.82) is 5.26 Å². The van der Waals surface area contributed by atoms with Gasteiger partial charge in [0.05, 0.1) is 23.1 Å². The number of rotatable bonds is 1. The molecule has 4 aliphatic rings. The number of benzene rings is 3. The van der Waals surface area contributed by atoms with E-state index in [0.717, 1.165) is 22.3 Å². The normalized spacial score (nSPS) is 25.5. The van der Waals surface area contributed by atoms with Gasteiger partial charge in [0.2, 0.25) is 11.8 Å². The third-order valence-electron chi connectivity index (χ3n) is 6.77. The summed E-state index contributed by atoms with van der Waals surface area (Å²) >= 11 is 6.16. The van der Waals surface area contributed by atoms with Gasteiger partial charge in [0.25, 0.3) is 0 Å². The van der Waals surface area contributed by atoms with E-state index in [9.17, 15) is 14.9 Å². The molecule has 0 unspecified atom stereocenters. The molecule has 2 bridgehead atoms. The molecule has 2 atom stereocenters. The van der Waals surface area contributed by atoms with E-state index in [1.54, 1.807) is 12.1 Å². The molecular formula is C25H15ClN2O2. The van der Waals surface area contributed by atoms with Crippen molar-refractivity contribution in [3.8, 4) is 6.07 Å². The monoisotopic (exact) mass is 410 g/mol. The molecule has 7 rings (SSSR count). The second-order valence-corrected chi connectivity index (χ2v) is 8.49. The van der Waals surface area contributed by atoms with Crippen molar-refractivity contribution in [1.82, 2.24) is 0 Å². The van der Waals surface area contributed by atoms with Crippen molar-refractivity contribution in [3.63, 3.8) is 0 Å². The lowest BCUT2D eigenvalue weighted by molar-refractivity contribution is -0.122. The van der Waals surface area contributed by atoms with E-state index in [-0.39, 0.29) is 34.9 Å². The van der Waals surface area contributed by atoms with Crippen LogP contribution < -0.4 is 4.90 Å². The molecule has 0 N–H and O–H groups in total. The molecule has 0 spiro atoms. The number of carbonyl (C=O) groups is 2. The van der Waals surface area contributed by atoms with Crippen LogP contribution in [0.3, 0.4) is 0 Å². The van der Waals surface area contributed by atoms with E-state index in [4.69, 9.17) is 11.6 Å². The summed E-state index contributed by atoms with van der Waals surface area (Å²) in [5, 5.41) is 9.94. The topological polar surface area (TPSA) is 61.2 Å². The van der Waals surface area contributed by atoms with Gasteiger partial charge >= 0.3 is 0 Å². The highest BCUT2D eigenvalue weighted by Gasteiger charge is 2.61. The first kappa shape index (κ1) is 17.4. The second-order valence-electron chi connectivity index (χ2n) is 8.05. The van der Waals surface area contributed by atoms with Gasteiger partial charge in [-0.25, -0.2) is 4.90 Å². The first-order valence-corrected chi connectivity index (χ1v) is 10.2. The molecule has 1 aliphatic heterocycles. The number of halogens is 1. The molecule has 1 heterocycles. The molecule has 1 saturated heterocycles. The molecule has 3 aromatic carbocycles. The van der Waals surface area contributed by atoms with Gasteiger partial charge in [0.1, 0.15) is 6.07 Å². The highest BCUT2D eigenvalue weighted by molar-refractivity contribution is 6.31.